The predicted molar refractivity (Wildman–Crippen MR) is 73.1 cm³/mol. The monoisotopic (exact) mass is 264 g/mol. The summed E-state index contributed by atoms with van der Waals surface area (Å²) in [4.78, 5) is 0. The molecule has 17 heavy (non-hydrogen) atoms. The molecule has 0 aliphatic rings. The molecule has 0 unspecified atom stereocenters. The number of para-hydroxylation sites is 2. The lowest BCUT2D eigenvalue weighted by atomic mass is 10.3. The van der Waals surface area contributed by atoms with Crippen LogP contribution in [0.5, 0.6) is 11.5 Å². The molecule has 0 aromatic heterocycles. The van der Waals surface area contributed by atoms with E-state index in [1.165, 1.54) is 0 Å². The second kappa shape index (κ2) is 7.19. The van der Waals surface area contributed by atoms with Crippen LogP contribution >= 0.6 is 8.25 Å². The predicted octanol–water partition coefficient (Wildman–Crippen LogP) is 2.35. The van der Waals surface area contributed by atoms with Crippen molar-refractivity contribution >= 4 is 25.6 Å². The molecule has 0 bridgehead atoms. The van der Waals surface area contributed by atoms with Gasteiger partial charge in [-0.15, -0.1) is 0 Å². The lowest BCUT2D eigenvalue weighted by Crippen LogP contribution is -1.87. The van der Waals surface area contributed by atoms with Gasteiger partial charge in [0.15, 0.2) is 17.4 Å². The summed E-state index contributed by atoms with van der Waals surface area (Å²) in [6.45, 7) is 0. The van der Waals surface area contributed by atoms with Crippen molar-refractivity contribution in [3.8, 4) is 11.5 Å². The van der Waals surface area contributed by atoms with E-state index < -0.39 is 8.25 Å². The molecule has 3 nitrogen and oxygen atoms in total. The Bertz CT molecular complexity index is 418. The first-order valence-electron chi connectivity index (χ1n) is 4.84. The maximum absolute atomic E-state index is 11.5. The second-order valence-electron chi connectivity index (χ2n) is 3.08. The molecule has 0 saturated carbocycles. The Morgan fingerprint density at radius 2 is 1.06 bits per heavy atom. The molecule has 0 saturated heterocycles. The normalized spacial score (nSPS) is 9.47. The van der Waals surface area contributed by atoms with Crippen molar-refractivity contribution in [1.29, 1.82) is 0 Å². The zero-order chi connectivity index (χ0) is 11.2. The Morgan fingerprint density at radius 3 is 1.41 bits per heavy atom. The molecule has 88 valence electrons. The van der Waals surface area contributed by atoms with E-state index in [-0.39, 0.29) is 17.4 Å². The second-order valence-corrected chi connectivity index (χ2v) is 3.99. The largest absolute Gasteiger partial charge is 0.418 e. The number of hydrogen-bond donors (Lipinski definition) is 0. The first-order valence-corrected chi connectivity index (χ1v) is 6.07. The minimum absolute atomic E-state index is 0. The van der Waals surface area contributed by atoms with E-state index in [1.54, 1.807) is 24.3 Å². The Morgan fingerprint density at radius 1 is 0.706 bits per heavy atom. The molecular weight excluding hydrogens is 250 g/mol. The standard InChI is InChI=1S/C12H11O3P.Al.3H/c13-16(14-11-7-3-1-4-8-11)15-12-9-5-2-6-10-12;;;;/h1-10,16H;;;;. The maximum Gasteiger partial charge on any atom is 0.418 e. The van der Waals surface area contributed by atoms with Crippen LogP contribution in [0.1, 0.15) is 0 Å². The molecule has 0 spiro atoms. The molecule has 2 aromatic carbocycles. The van der Waals surface area contributed by atoms with E-state index in [9.17, 15) is 4.57 Å². The Labute approximate surface area is 111 Å². The summed E-state index contributed by atoms with van der Waals surface area (Å²) >= 11 is 0. The summed E-state index contributed by atoms with van der Waals surface area (Å²) < 4.78 is 21.8. The fraction of sp³-hybridized carbons (Fsp3) is 0. The smallest absolute Gasteiger partial charge is 0.418 e. The van der Waals surface area contributed by atoms with Crippen molar-refractivity contribution in [1.82, 2.24) is 0 Å². The fourth-order valence-corrected chi connectivity index (χ4v) is 1.89. The van der Waals surface area contributed by atoms with Crippen LogP contribution in [-0.4, -0.2) is 17.4 Å². The van der Waals surface area contributed by atoms with Crippen LogP contribution in [0.25, 0.3) is 0 Å². The summed E-state index contributed by atoms with van der Waals surface area (Å²) in [5.41, 5.74) is 0. The Balaban J connectivity index is 0.00000144. The number of hydrogen-bond acceptors (Lipinski definition) is 3. The molecule has 0 amide bonds. The summed E-state index contributed by atoms with van der Waals surface area (Å²) in [6, 6.07) is 17.9. The minimum atomic E-state index is -2.54. The molecule has 0 aliphatic carbocycles. The van der Waals surface area contributed by atoms with E-state index >= 15 is 0 Å². The molecule has 0 radical (unpaired) electrons. The average Bonchev–Trinajstić information content (AvgIpc) is 2.31. The van der Waals surface area contributed by atoms with E-state index in [2.05, 4.69) is 0 Å². The van der Waals surface area contributed by atoms with Gasteiger partial charge in [-0.2, -0.15) is 0 Å². The maximum atomic E-state index is 11.5. The number of rotatable bonds is 4. The summed E-state index contributed by atoms with van der Waals surface area (Å²) in [5.74, 6) is 1.09. The van der Waals surface area contributed by atoms with Gasteiger partial charge in [0.2, 0.25) is 0 Å². The highest BCUT2D eigenvalue weighted by molar-refractivity contribution is 7.34. The third-order valence-corrected chi connectivity index (χ3v) is 2.69. The summed E-state index contributed by atoms with van der Waals surface area (Å²) in [5, 5.41) is 0. The highest BCUT2D eigenvalue weighted by atomic mass is 31.1. The van der Waals surface area contributed by atoms with Crippen LogP contribution in [0.15, 0.2) is 60.7 Å². The summed E-state index contributed by atoms with van der Waals surface area (Å²) in [7, 11) is -2.54. The SMILES string of the molecule is O=[PH](Oc1ccccc1)Oc1ccccc1.[AlH3]. The van der Waals surface area contributed by atoms with Crippen LogP contribution in [0.4, 0.5) is 0 Å². The van der Waals surface area contributed by atoms with E-state index in [0.29, 0.717) is 11.5 Å². The average molecular weight is 264 g/mol. The van der Waals surface area contributed by atoms with Crippen LogP contribution < -0.4 is 9.05 Å². The fourth-order valence-electron chi connectivity index (χ4n) is 1.19. The van der Waals surface area contributed by atoms with Gasteiger partial charge in [-0.1, -0.05) is 36.4 Å². The molecule has 0 fully saturated rings. The number of benzene rings is 2. The van der Waals surface area contributed by atoms with Crippen molar-refractivity contribution in [2.24, 2.45) is 0 Å². The van der Waals surface area contributed by atoms with Crippen molar-refractivity contribution in [2.75, 3.05) is 0 Å². The van der Waals surface area contributed by atoms with Crippen LogP contribution in [0.3, 0.4) is 0 Å². The van der Waals surface area contributed by atoms with Crippen molar-refractivity contribution < 1.29 is 13.6 Å². The highest BCUT2D eigenvalue weighted by Crippen LogP contribution is 2.29. The molecule has 2 aromatic rings. The molecule has 5 heteroatoms. The van der Waals surface area contributed by atoms with Gasteiger partial charge in [0.05, 0.1) is 0 Å². The van der Waals surface area contributed by atoms with Gasteiger partial charge in [0, 0.05) is 0 Å². The van der Waals surface area contributed by atoms with Crippen molar-refractivity contribution in [3.63, 3.8) is 0 Å². The quantitative estimate of drug-likeness (QED) is 0.628. The molecule has 2 rings (SSSR count). The van der Waals surface area contributed by atoms with E-state index in [0.717, 1.165) is 0 Å². The van der Waals surface area contributed by atoms with Crippen molar-refractivity contribution in [2.45, 2.75) is 0 Å². The molecule has 0 aliphatic heterocycles. The van der Waals surface area contributed by atoms with Crippen LogP contribution in [0, 0.1) is 0 Å². The van der Waals surface area contributed by atoms with E-state index in [1.807, 2.05) is 36.4 Å². The lowest BCUT2D eigenvalue weighted by Gasteiger charge is -2.07. The topological polar surface area (TPSA) is 35.5 Å². The van der Waals surface area contributed by atoms with E-state index in [4.69, 9.17) is 9.05 Å². The van der Waals surface area contributed by atoms with Gasteiger partial charge >= 0.3 is 8.25 Å². The van der Waals surface area contributed by atoms with Gasteiger partial charge in [0.25, 0.3) is 0 Å². The highest BCUT2D eigenvalue weighted by Gasteiger charge is 2.02. The molecule has 0 atom stereocenters. The molecular formula is C12H14AlO3P. The first-order chi connectivity index (χ1) is 7.84. The van der Waals surface area contributed by atoms with Gasteiger partial charge in [-0.05, 0) is 24.3 Å². The van der Waals surface area contributed by atoms with Crippen molar-refractivity contribution in [3.05, 3.63) is 60.7 Å². The molecule has 0 N–H and O–H groups in total. The van der Waals surface area contributed by atoms with Crippen LogP contribution in [-0.2, 0) is 4.57 Å². The first kappa shape index (κ1) is 13.9. The van der Waals surface area contributed by atoms with Gasteiger partial charge < -0.3 is 9.05 Å². The van der Waals surface area contributed by atoms with Gasteiger partial charge in [-0.25, -0.2) is 4.57 Å². The van der Waals surface area contributed by atoms with Gasteiger partial charge in [-0.3, -0.25) is 0 Å². The Hall–Kier alpha value is -1.20. The third-order valence-electron chi connectivity index (χ3n) is 1.89. The zero-order valence-corrected chi connectivity index (χ0v) is 9.50. The third kappa shape index (κ3) is 4.67. The van der Waals surface area contributed by atoms with Crippen LogP contribution in [0.2, 0.25) is 0 Å². The zero-order valence-electron chi connectivity index (χ0n) is 8.50. The lowest BCUT2D eigenvalue weighted by molar-refractivity contribution is 0.415. The Kier molecular flexibility index (Phi) is 5.87. The minimum Gasteiger partial charge on any atom is -0.418 e. The summed E-state index contributed by atoms with van der Waals surface area (Å²) in [6.07, 6.45) is 0. The van der Waals surface area contributed by atoms with Gasteiger partial charge in [0.1, 0.15) is 11.5 Å². The molecule has 0 heterocycles.